The Balaban J connectivity index is 0.962. The zero-order valence-corrected chi connectivity index (χ0v) is 41.0. The second-order valence-electron chi connectivity index (χ2n) is 19.4. The number of fused-ring (bicyclic) bond motifs is 10. The molecule has 8 aromatic carbocycles. The van der Waals surface area contributed by atoms with Crippen molar-refractivity contribution in [1.29, 1.82) is 0 Å². The van der Waals surface area contributed by atoms with Gasteiger partial charge in [-0.1, -0.05) is 137 Å². The Bertz CT molecular complexity index is 3760. The maximum atomic E-state index is 15.3. The normalized spacial score (nSPS) is 19.2. The van der Waals surface area contributed by atoms with Crippen molar-refractivity contribution in [3.8, 4) is 33.8 Å². The topological polar surface area (TPSA) is 111 Å². The van der Waals surface area contributed by atoms with Crippen LogP contribution < -0.4 is 36.0 Å². The van der Waals surface area contributed by atoms with Crippen LogP contribution in [0.5, 0.6) is 11.5 Å². The van der Waals surface area contributed by atoms with Gasteiger partial charge in [0.2, 0.25) is 5.78 Å². The number of Topliss-reactive ketones (excluding diaryl/α,β-unsaturated/α-hetero) is 1. The fraction of sp³-hybridized carbons (Fsp3) is 0.226. The summed E-state index contributed by atoms with van der Waals surface area (Å²) >= 11 is 0. The van der Waals surface area contributed by atoms with E-state index in [1.165, 1.54) is 0 Å². The first-order valence-corrected chi connectivity index (χ1v) is 25.5. The molecule has 2 atom stereocenters. The number of anilines is 3. The maximum absolute atomic E-state index is 15.3. The van der Waals surface area contributed by atoms with Gasteiger partial charge in [-0.15, -0.1) is 0 Å². The number of benzene rings is 8. The van der Waals surface area contributed by atoms with Crippen molar-refractivity contribution in [3.05, 3.63) is 190 Å². The smallest absolute Gasteiger partial charge is 0.201 e. The van der Waals surface area contributed by atoms with E-state index in [1.807, 2.05) is 30.3 Å². The molecular weight excluding hydrogens is 893 g/mol. The molecule has 358 valence electrons. The highest BCUT2D eigenvalue weighted by atomic mass is 16.5. The molecule has 3 aliphatic carbocycles. The average Bonchev–Trinajstić information content (AvgIpc) is 3.82. The number of carbonyl (C=O) groups excluding carboxylic acids is 1. The van der Waals surface area contributed by atoms with Gasteiger partial charge in [0.1, 0.15) is 30.5 Å². The third kappa shape index (κ3) is 6.41. The van der Waals surface area contributed by atoms with E-state index in [-0.39, 0.29) is 22.7 Å². The van der Waals surface area contributed by atoms with Crippen LogP contribution in [0.1, 0.15) is 55.5 Å². The molecule has 72 heavy (non-hydrogen) atoms. The molecule has 0 bridgehead atoms. The Morgan fingerprint density at radius 3 is 1.75 bits per heavy atom. The molecule has 10 nitrogen and oxygen atoms in total. The highest BCUT2D eigenvalue weighted by Gasteiger charge is 2.49. The van der Waals surface area contributed by atoms with Gasteiger partial charge < -0.3 is 40.3 Å². The summed E-state index contributed by atoms with van der Waals surface area (Å²) in [4.78, 5) is 25.7. The first-order chi connectivity index (χ1) is 35.3. The molecule has 0 saturated carbocycles. The molecule has 2 aliphatic heterocycles. The van der Waals surface area contributed by atoms with E-state index in [0.29, 0.717) is 29.4 Å². The molecule has 2 unspecified atom stereocenters. The number of nitrogens with zero attached hydrogens (tertiary/aromatic N) is 3. The van der Waals surface area contributed by atoms with Crippen LogP contribution in [0.15, 0.2) is 156 Å². The third-order valence-electron chi connectivity index (χ3n) is 15.9. The number of nitrogens with one attached hydrogen (secondary N) is 3. The predicted octanol–water partition coefficient (Wildman–Crippen LogP) is 10.8. The van der Waals surface area contributed by atoms with Gasteiger partial charge in [-0.05, 0) is 95.6 Å². The number of carbonyl (C=O) groups is 1. The molecule has 10 heteroatoms. The fourth-order valence-corrected chi connectivity index (χ4v) is 12.2. The van der Waals surface area contributed by atoms with E-state index in [0.717, 1.165) is 134 Å². The lowest BCUT2D eigenvalue weighted by Gasteiger charge is -2.41. The summed E-state index contributed by atoms with van der Waals surface area (Å²) in [5.74, 6) is 1.27. The van der Waals surface area contributed by atoms with Crippen molar-refractivity contribution in [1.82, 2.24) is 9.80 Å². The molecule has 2 spiro atoms. The minimum Gasteiger partial charge on any atom is -0.506 e. The SMILES string of the molecule is CCN(CC)CCOc1ccc2c(c1)C1(N=c3/c(=C4/C(=O)C(c5ccc6cccc7c6c5NC5(N7)c6ccccc6-c6ccc(OCCN(CC)CC)cc65)=C4O)ccc4cccc(c34)N1)c1ccccc1-2. The van der Waals surface area contributed by atoms with Crippen LogP contribution in [0.25, 0.3) is 54.9 Å². The lowest BCUT2D eigenvalue weighted by Crippen LogP contribution is -2.45. The molecule has 13 rings (SSSR count). The Kier molecular flexibility index (Phi) is 10.3. The van der Waals surface area contributed by atoms with Crippen molar-refractivity contribution in [3.63, 3.8) is 0 Å². The van der Waals surface area contributed by atoms with Crippen LogP contribution in [-0.2, 0) is 16.1 Å². The van der Waals surface area contributed by atoms with E-state index < -0.39 is 11.3 Å². The fourth-order valence-electron chi connectivity index (χ4n) is 12.2. The highest BCUT2D eigenvalue weighted by Crippen LogP contribution is 2.56. The lowest BCUT2D eigenvalue weighted by molar-refractivity contribution is -0.109. The summed E-state index contributed by atoms with van der Waals surface area (Å²) in [6.45, 7) is 15.3. The summed E-state index contributed by atoms with van der Waals surface area (Å²) < 4.78 is 12.9. The van der Waals surface area contributed by atoms with Gasteiger partial charge in [-0.25, -0.2) is 4.99 Å². The molecule has 0 amide bonds. The van der Waals surface area contributed by atoms with Gasteiger partial charge in [-0.3, -0.25) is 4.79 Å². The van der Waals surface area contributed by atoms with E-state index in [2.05, 4.69) is 169 Å². The van der Waals surface area contributed by atoms with Crippen LogP contribution >= 0.6 is 0 Å². The van der Waals surface area contributed by atoms with Gasteiger partial charge in [0.05, 0.1) is 22.2 Å². The maximum Gasteiger partial charge on any atom is 0.201 e. The van der Waals surface area contributed by atoms with Crippen molar-refractivity contribution >= 4 is 55.5 Å². The Morgan fingerprint density at radius 2 is 1.08 bits per heavy atom. The largest absolute Gasteiger partial charge is 0.506 e. The summed E-state index contributed by atoms with van der Waals surface area (Å²) in [7, 11) is 0. The number of rotatable bonds is 13. The van der Waals surface area contributed by atoms with Gasteiger partial charge in [0.25, 0.3) is 0 Å². The Hall–Kier alpha value is -7.92. The summed E-state index contributed by atoms with van der Waals surface area (Å²) in [6, 6.07) is 50.0. The molecule has 8 aromatic rings. The van der Waals surface area contributed by atoms with Crippen LogP contribution in [0.3, 0.4) is 0 Å². The molecular formula is C62H56N6O4. The second kappa shape index (κ2) is 16.9. The highest BCUT2D eigenvalue weighted by molar-refractivity contribution is 6.52. The van der Waals surface area contributed by atoms with E-state index in [1.54, 1.807) is 0 Å². The van der Waals surface area contributed by atoms with Gasteiger partial charge in [0.15, 0.2) is 11.3 Å². The molecule has 0 radical (unpaired) electrons. The van der Waals surface area contributed by atoms with Crippen molar-refractivity contribution in [2.75, 3.05) is 68.4 Å². The zero-order valence-electron chi connectivity index (χ0n) is 41.0. The van der Waals surface area contributed by atoms with Crippen LogP contribution in [0.2, 0.25) is 0 Å². The Labute approximate surface area is 418 Å². The minimum absolute atomic E-state index is 0.0504. The molecule has 4 N–H and O–H groups in total. The summed E-state index contributed by atoms with van der Waals surface area (Å²) in [6.07, 6.45) is 0. The first-order valence-electron chi connectivity index (χ1n) is 25.5. The van der Waals surface area contributed by atoms with Crippen LogP contribution in [-0.4, -0.2) is 73.2 Å². The summed E-state index contributed by atoms with van der Waals surface area (Å²) in [5, 5.41) is 29.6. The molecule has 0 fully saturated rings. The predicted molar refractivity (Wildman–Crippen MR) is 289 cm³/mol. The number of aliphatic hydroxyl groups excluding tert-OH is 1. The van der Waals surface area contributed by atoms with Crippen LogP contribution in [0.4, 0.5) is 17.1 Å². The monoisotopic (exact) mass is 948 g/mol. The standard InChI is InChI=1S/C62H56N6O4/c1-5-67(6-2)31-33-71-39-25-29-43-41-17-9-11-19-47(41)61(49(43)35-39)63-51-21-13-15-37-23-27-45(57(65-61)53(37)51)55-59(69)56(60(55)70)46-28-24-38-16-14-22-52-54(38)58(46)66-62(64-52)48-20-12-10-18-42(48)44-30-26-40(36-50(44)62)72-34-32-68(7-3)8-4/h9-30,35-36,63-65,69H,5-8,31-34H2,1-4H3/b56-46+. The number of hydrogen-bond donors (Lipinski definition) is 4. The number of hydrogen-bond acceptors (Lipinski definition) is 10. The zero-order chi connectivity index (χ0) is 48.9. The van der Waals surface area contributed by atoms with Crippen molar-refractivity contribution in [2.24, 2.45) is 4.99 Å². The van der Waals surface area contributed by atoms with Crippen molar-refractivity contribution in [2.45, 2.75) is 39.0 Å². The first kappa shape index (κ1) is 44.1. The number of ketones is 1. The molecule has 0 aromatic heterocycles. The number of likely N-dealkylation sites (N-methyl/N-ethyl adjacent to an activating group) is 2. The molecule has 0 saturated heterocycles. The third-order valence-corrected chi connectivity index (χ3v) is 15.9. The number of ether oxygens (including phenoxy) is 2. The quantitative estimate of drug-likeness (QED) is 0.0898. The number of allylic oxidation sites excluding steroid dienone is 2. The minimum atomic E-state index is -1.04. The Morgan fingerprint density at radius 1 is 0.528 bits per heavy atom. The van der Waals surface area contributed by atoms with Gasteiger partial charge >= 0.3 is 0 Å². The summed E-state index contributed by atoms with van der Waals surface area (Å²) in [5.41, 5.74) is 10.2. The average molecular weight is 949 g/mol. The molecule has 5 aliphatic rings. The van der Waals surface area contributed by atoms with E-state index >= 15 is 4.79 Å². The van der Waals surface area contributed by atoms with Crippen LogP contribution in [0, 0.1) is 0 Å². The van der Waals surface area contributed by atoms with Gasteiger partial charge in [0, 0.05) is 68.3 Å². The van der Waals surface area contributed by atoms with Gasteiger partial charge in [-0.2, -0.15) is 0 Å². The lowest BCUT2D eigenvalue weighted by atomic mass is 9.79. The van der Waals surface area contributed by atoms with E-state index in [4.69, 9.17) is 14.5 Å². The van der Waals surface area contributed by atoms with Crippen molar-refractivity contribution < 1.29 is 19.4 Å². The molecule has 2 heterocycles. The number of aliphatic hydroxyl groups is 1. The second-order valence-corrected chi connectivity index (χ2v) is 19.4. The van der Waals surface area contributed by atoms with E-state index in [9.17, 15) is 5.11 Å².